The van der Waals surface area contributed by atoms with E-state index in [1.54, 1.807) is 0 Å². The average Bonchev–Trinajstić information content (AvgIpc) is 2.83. The van der Waals surface area contributed by atoms with Crippen LogP contribution < -0.4 is 21.4 Å². The van der Waals surface area contributed by atoms with Gasteiger partial charge in [-0.3, -0.25) is 14.9 Å². The van der Waals surface area contributed by atoms with Crippen molar-refractivity contribution in [3.8, 4) is 0 Å². The van der Waals surface area contributed by atoms with Crippen LogP contribution in [-0.4, -0.2) is 17.4 Å². The minimum absolute atomic E-state index is 0.0289. The number of nitrogens with one attached hydrogen (secondary N) is 1. The Morgan fingerprint density at radius 2 is 1.41 bits per heavy atom. The van der Waals surface area contributed by atoms with Crippen LogP contribution in [0.4, 0.5) is 17.1 Å². The number of pyridine rings is 1. The molecule has 34 heavy (non-hydrogen) atoms. The van der Waals surface area contributed by atoms with Crippen LogP contribution in [0.25, 0.3) is 21.8 Å². The predicted octanol–water partition coefficient (Wildman–Crippen LogP) is 4.34. The molecule has 5 N–H and O–H groups in total. The van der Waals surface area contributed by atoms with E-state index in [1.807, 2.05) is 36.4 Å². The number of amides is 1. The molecule has 3 aromatic carbocycles. The quantitative estimate of drug-likeness (QED) is 0.0858. The fourth-order valence-corrected chi connectivity index (χ4v) is 4.16. The summed E-state index contributed by atoms with van der Waals surface area (Å²) < 4.78 is 2.29. The predicted molar refractivity (Wildman–Crippen MR) is 134 cm³/mol. The number of non-ortho nitro benzene ring substituents is 1. The molecule has 0 spiro atoms. The van der Waals surface area contributed by atoms with Gasteiger partial charge in [0.25, 0.3) is 11.6 Å². The minimum Gasteiger partial charge on any atom is -0.399 e. The van der Waals surface area contributed by atoms with Gasteiger partial charge in [-0.15, -0.1) is 0 Å². The second-order valence-corrected chi connectivity index (χ2v) is 8.41. The molecule has 0 atom stereocenters. The summed E-state index contributed by atoms with van der Waals surface area (Å²) in [4.78, 5) is 22.4. The van der Waals surface area contributed by atoms with Crippen molar-refractivity contribution in [3.63, 3.8) is 0 Å². The summed E-state index contributed by atoms with van der Waals surface area (Å²) in [7, 11) is 0. The zero-order valence-electron chi connectivity index (χ0n) is 18.9. The highest BCUT2D eigenvalue weighted by Gasteiger charge is 2.16. The molecule has 0 radical (unpaired) electrons. The largest absolute Gasteiger partial charge is 0.399 e. The number of aryl methyl sites for hydroxylation is 1. The Labute approximate surface area is 197 Å². The topological polar surface area (TPSA) is 128 Å². The zero-order chi connectivity index (χ0) is 24.1. The minimum atomic E-state index is -0.481. The standard InChI is InChI=1S/C26H27N5O3/c27-21-9-5-19-15-20-6-10-22(28)17-25(20)30(24(19)16-21)14-4-2-1-3-13-29-26(32)18-7-11-23(12-8-18)31(33)34/h5-12,15-17H,1-4,13-14H2,(H4,27,28,29,32)/p+1. The SMILES string of the molecule is Nc1ccc2cc3ccc(N)cc3[n+](CCCCCCNC(=O)c3ccc([N+](=O)[O-])cc3)c2c1. The van der Waals surface area contributed by atoms with Gasteiger partial charge in [0.1, 0.15) is 6.54 Å². The van der Waals surface area contributed by atoms with Crippen LogP contribution in [0.1, 0.15) is 36.0 Å². The number of carbonyl (C=O) groups is 1. The summed E-state index contributed by atoms with van der Waals surface area (Å²) in [6.07, 6.45) is 3.84. The first kappa shape index (κ1) is 23.0. The molecule has 8 heteroatoms. The van der Waals surface area contributed by atoms with Crippen LogP contribution in [0, 0.1) is 10.1 Å². The van der Waals surface area contributed by atoms with Crippen LogP contribution >= 0.6 is 0 Å². The highest BCUT2D eigenvalue weighted by atomic mass is 16.6. The van der Waals surface area contributed by atoms with E-state index < -0.39 is 4.92 Å². The molecule has 0 fully saturated rings. The number of fused-ring (bicyclic) bond motifs is 2. The van der Waals surface area contributed by atoms with Crippen LogP contribution in [0.5, 0.6) is 0 Å². The third-order valence-corrected chi connectivity index (χ3v) is 5.94. The van der Waals surface area contributed by atoms with E-state index in [9.17, 15) is 14.9 Å². The fraction of sp³-hybridized carbons (Fsp3) is 0.231. The lowest BCUT2D eigenvalue weighted by molar-refractivity contribution is -0.645. The molecule has 0 unspecified atom stereocenters. The van der Waals surface area contributed by atoms with Gasteiger partial charge in [-0.1, -0.05) is 6.42 Å². The number of nitrogens with zero attached hydrogens (tertiary/aromatic N) is 2. The number of benzene rings is 3. The van der Waals surface area contributed by atoms with E-state index in [2.05, 4.69) is 16.0 Å². The van der Waals surface area contributed by atoms with E-state index in [-0.39, 0.29) is 11.6 Å². The number of nitro groups is 1. The highest BCUT2D eigenvalue weighted by Crippen LogP contribution is 2.22. The van der Waals surface area contributed by atoms with Crippen molar-refractivity contribution in [3.05, 3.63) is 82.4 Å². The molecule has 4 rings (SSSR count). The number of anilines is 2. The summed E-state index contributed by atoms with van der Waals surface area (Å²) in [6.45, 7) is 1.41. The molecule has 0 bridgehead atoms. The number of nitrogens with two attached hydrogens (primary N) is 2. The summed E-state index contributed by atoms with van der Waals surface area (Å²) in [5.74, 6) is -0.220. The average molecular weight is 459 g/mol. The molecule has 0 saturated carbocycles. The first-order valence-electron chi connectivity index (χ1n) is 11.4. The van der Waals surface area contributed by atoms with E-state index in [1.165, 1.54) is 24.3 Å². The highest BCUT2D eigenvalue weighted by molar-refractivity contribution is 5.94. The van der Waals surface area contributed by atoms with E-state index in [0.717, 1.165) is 65.4 Å². The molecule has 4 aromatic rings. The lowest BCUT2D eigenvalue weighted by Crippen LogP contribution is -2.35. The Morgan fingerprint density at radius 1 is 0.824 bits per heavy atom. The Morgan fingerprint density at radius 3 is 2.00 bits per heavy atom. The molecular formula is C26H28N5O3+. The van der Waals surface area contributed by atoms with Gasteiger partial charge in [-0.2, -0.15) is 4.57 Å². The van der Waals surface area contributed by atoms with E-state index in [0.29, 0.717) is 12.1 Å². The molecule has 1 aromatic heterocycles. The number of carbonyl (C=O) groups excluding carboxylic acids is 1. The third-order valence-electron chi connectivity index (χ3n) is 5.94. The molecule has 174 valence electrons. The van der Waals surface area contributed by atoms with Crippen molar-refractivity contribution >= 4 is 44.8 Å². The van der Waals surface area contributed by atoms with Gasteiger partial charge in [-0.25, -0.2) is 0 Å². The first-order valence-corrected chi connectivity index (χ1v) is 11.4. The molecule has 0 aliphatic heterocycles. The van der Waals surface area contributed by atoms with Gasteiger partial charge in [0.05, 0.1) is 4.92 Å². The molecule has 1 heterocycles. The maximum Gasteiger partial charge on any atom is 0.269 e. The number of unbranched alkanes of at least 4 members (excludes halogenated alkanes) is 3. The van der Waals surface area contributed by atoms with Gasteiger partial charge >= 0.3 is 0 Å². The lowest BCUT2D eigenvalue weighted by atomic mass is 10.1. The number of rotatable bonds is 9. The van der Waals surface area contributed by atoms with Gasteiger partial charge in [0.2, 0.25) is 11.0 Å². The van der Waals surface area contributed by atoms with Crippen molar-refractivity contribution in [1.29, 1.82) is 0 Å². The summed E-state index contributed by atoms with van der Waals surface area (Å²) in [6, 6.07) is 19.7. The number of nitrogen functional groups attached to an aromatic ring is 2. The molecular weight excluding hydrogens is 430 g/mol. The Bertz CT molecular complexity index is 1290. The number of hydrogen-bond acceptors (Lipinski definition) is 5. The molecule has 0 aliphatic carbocycles. The van der Waals surface area contributed by atoms with Crippen LogP contribution in [0.15, 0.2) is 66.7 Å². The first-order chi connectivity index (χ1) is 16.4. The Balaban J connectivity index is 1.31. The number of aromatic nitrogens is 1. The third kappa shape index (κ3) is 5.23. The van der Waals surface area contributed by atoms with Crippen LogP contribution in [-0.2, 0) is 6.54 Å². The maximum atomic E-state index is 12.2. The normalized spacial score (nSPS) is 11.1. The number of nitro benzene ring substituents is 1. The summed E-state index contributed by atoms with van der Waals surface area (Å²) >= 11 is 0. The fourth-order valence-electron chi connectivity index (χ4n) is 4.16. The van der Waals surface area contributed by atoms with Crippen molar-refractivity contribution in [2.75, 3.05) is 18.0 Å². The van der Waals surface area contributed by atoms with Gasteiger partial charge < -0.3 is 16.8 Å². The zero-order valence-corrected chi connectivity index (χ0v) is 18.9. The molecule has 0 saturated heterocycles. The monoisotopic (exact) mass is 458 g/mol. The van der Waals surface area contributed by atoms with Crippen molar-refractivity contribution < 1.29 is 14.3 Å². The van der Waals surface area contributed by atoms with Crippen molar-refractivity contribution in [2.45, 2.75) is 32.2 Å². The lowest BCUT2D eigenvalue weighted by Gasteiger charge is -2.08. The Hall–Kier alpha value is -4.20. The van der Waals surface area contributed by atoms with Crippen molar-refractivity contribution in [1.82, 2.24) is 5.32 Å². The van der Waals surface area contributed by atoms with Gasteiger partial charge in [0, 0.05) is 64.9 Å². The molecule has 0 aliphatic rings. The number of hydrogen-bond donors (Lipinski definition) is 3. The van der Waals surface area contributed by atoms with E-state index >= 15 is 0 Å². The van der Waals surface area contributed by atoms with Crippen molar-refractivity contribution in [2.24, 2.45) is 0 Å². The summed E-state index contributed by atoms with van der Waals surface area (Å²) in [5.41, 5.74) is 16.2. The van der Waals surface area contributed by atoms with Gasteiger partial charge in [0.15, 0.2) is 0 Å². The smallest absolute Gasteiger partial charge is 0.269 e. The Kier molecular flexibility index (Phi) is 6.87. The maximum absolute atomic E-state index is 12.2. The van der Waals surface area contributed by atoms with Gasteiger partial charge in [-0.05, 0) is 55.3 Å². The molecule has 8 nitrogen and oxygen atoms in total. The summed E-state index contributed by atoms with van der Waals surface area (Å²) in [5, 5.41) is 15.9. The molecule has 1 amide bonds. The van der Waals surface area contributed by atoms with E-state index in [4.69, 9.17) is 11.5 Å². The van der Waals surface area contributed by atoms with Crippen LogP contribution in [0.3, 0.4) is 0 Å². The second-order valence-electron chi connectivity index (χ2n) is 8.41. The second kappa shape index (κ2) is 10.2. The van der Waals surface area contributed by atoms with Crippen LogP contribution in [0.2, 0.25) is 0 Å².